The number of ether oxygens (including phenoxy) is 1. The second-order valence-corrected chi connectivity index (χ2v) is 9.61. The standard InChI is InChI=1S/C27H30ClN5O2/c1-20-4-10-24(11-5-20)35-26-25(29-12-13-30-26)33-14-2-3-21(19-33)27(34)32-17-15-31(16-18-32)23-8-6-22(28)7-9-23/h4-13,21H,2-3,14-19H2,1H3. The molecule has 35 heavy (non-hydrogen) atoms. The summed E-state index contributed by atoms with van der Waals surface area (Å²) in [4.78, 5) is 28.9. The molecule has 0 radical (unpaired) electrons. The number of anilines is 2. The summed E-state index contributed by atoms with van der Waals surface area (Å²) >= 11 is 6.02. The molecular formula is C27H30ClN5O2. The number of hydrogen-bond acceptors (Lipinski definition) is 6. The number of benzene rings is 2. The second-order valence-electron chi connectivity index (χ2n) is 9.17. The van der Waals surface area contributed by atoms with Crippen molar-refractivity contribution in [2.24, 2.45) is 5.92 Å². The van der Waals surface area contributed by atoms with E-state index in [0.717, 1.165) is 62.0 Å². The zero-order chi connectivity index (χ0) is 24.2. The largest absolute Gasteiger partial charge is 0.436 e. The van der Waals surface area contributed by atoms with E-state index in [1.54, 1.807) is 12.4 Å². The van der Waals surface area contributed by atoms with Gasteiger partial charge in [-0.05, 0) is 56.2 Å². The summed E-state index contributed by atoms with van der Waals surface area (Å²) in [6.07, 6.45) is 5.14. The third-order valence-electron chi connectivity index (χ3n) is 6.74. The van der Waals surface area contributed by atoms with Gasteiger partial charge in [-0.3, -0.25) is 4.79 Å². The molecule has 2 aromatic carbocycles. The Hall–Kier alpha value is -3.32. The lowest BCUT2D eigenvalue weighted by molar-refractivity contribution is -0.136. The summed E-state index contributed by atoms with van der Waals surface area (Å²) in [6.45, 7) is 6.59. The third-order valence-corrected chi connectivity index (χ3v) is 6.99. The Balaban J connectivity index is 1.22. The van der Waals surface area contributed by atoms with Crippen LogP contribution in [0.1, 0.15) is 18.4 Å². The van der Waals surface area contributed by atoms with Gasteiger partial charge in [0.05, 0.1) is 5.92 Å². The van der Waals surface area contributed by atoms with Crippen molar-refractivity contribution in [1.82, 2.24) is 14.9 Å². The first-order valence-corrected chi connectivity index (χ1v) is 12.5. The van der Waals surface area contributed by atoms with E-state index >= 15 is 0 Å². The fraction of sp³-hybridized carbons (Fsp3) is 0.370. The van der Waals surface area contributed by atoms with Gasteiger partial charge in [0.2, 0.25) is 5.91 Å². The fourth-order valence-corrected chi connectivity index (χ4v) is 4.92. The number of carbonyl (C=O) groups is 1. The Bertz CT molecular complexity index is 1150. The summed E-state index contributed by atoms with van der Waals surface area (Å²) < 4.78 is 6.07. The first-order chi connectivity index (χ1) is 17.1. The van der Waals surface area contributed by atoms with Crippen LogP contribution in [0.5, 0.6) is 11.6 Å². The highest BCUT2D eigenvalue weighted by Crippen LogP contribution is 2.32. The number of hydrogen-bond donors (Lipinski definition) is 0. The van der Waals surface area contributed by atoms with Gasteiger partial charge in [0, 0.05) is 62.4 Å². The topological polar surface area (TPSA) is 61.8 Å². The third kappa shape index (κ3) is 5.51. The number of rotatable bonds is 5. The van der Waals surface area contributed by atoms with Crippen LogP contribution in [0.3, 0.4) is 0 Å². The molecular weight excluding hydrogens is 462 g/mol. The quantitative estimate of drug-likeness (QED) is 0.511. The second kappa shape index (κ2) is 10.5. The molecule has 1 unspecified atom stereocenters. The highest BCUT2D eigenvalue weighted by Gasteiger charge is 2.32. The Labute approximate surface area is 211 Å². The van der Waals surface area contributed by atoms with Gasteiger partial charge in [0.1, 0.15) is 5.75 Å². The monoisotopic (exact) mass is 491 g/mol. The van der Waals surface area contributed by atoms with Crippen molar-refractivity contribution in [3.8, 4) is 11.6 Å². The van der Waals surface area contributed by atoms with Gasteiger partial charge in [-0.15, -0.1) is 0 Å². The normalized spacial score (nSPS) is 18.5. The molecule has 2 fully saturated rings. The van der Waals surface area contributed by atoms with E-state index in [0.29, 0.717) is 18.2 Å². The Morgan fingerprint density at radius 3 is 2.37 bits per heavy atom. The summed E-state index contributed by atoms with van der Waals surface area (Å²) in [7, 11) is 0. The van der Waals surface area contributed by atoms with E-state index in [-0.39, 0.29) is 11.8 Å². The van der Waals surface area contributed by atoms with Gasteiger partial charge in [-0.2, -0.15) is 0 Å². The molecule has 1 aromatic heterocycles. The predicted octanol–water partition coefficient (Wildman–Crippen LogP) is 4.80. The van der Waals surface area contributed by atoms with Crippen molar-refractivity contribution < 1.29 is 9.53 Å². The van der Waals surface area contributed by atoms with Gasteiger partial charge in [-0.1, -0.05) is 29.3 Å². The van der Waals surface area contributed by atoms with Crippen LogP contribution in [0.2, 0.25) is 5.02 Å². The molecule has 2 saturated heterocycles. The maximum atomic E-state index is 13.4. The van der Waals surface area contributed by atoms with Crippen LogP contribution >= 0.6 is 11.6 Å². The number of nitrogens with zero attached hydrogens (tertiary/aromatic N) is 5. The van der Waals surface area contributed by atoms with E-state index in [1.165, 1.54) is 5.56 Å². The van der Waals surface area contributed by atoms with Crippen LogP contribution < -0.4 is 14.5 Å². The van der Waals surface area contributed by atoms with Crippen molar-refractivity contribution in [2.45, 2.75) is 19.8 Å². The fourth-order valence-electron chi connectivity index (χ4n) is 4.79. The number of halogens is 1. The van der Waals surface area contributed by atoms with Crippen LogP contribution in [0.25, 0.3) is 0 Å². The SMILES string of the molecule is Cc1ccc(Oc2nccnc2N2CCCC(C(=O)N3CCN(c4ccc(Cl)cc4)CC3)C2)cc1. The number of piperazine rings is 1. The molecule has 2 aliphatic rings. The number of aryl methyl sites for hydroxylation is 1. The van der Waals surface area contributed by atoms with E-state index in [1.807, 2.05) is 60.4 Å². The zero-order valence-corrected chi connectivity index (χ0v) is 20.7. The molecule has 3 heterocycles. The predicted molar refractivity (Wildman–Crippen MR) is 138 cm³/mol. The number of carbonyl (C=O) groups excluding carboxylic acids is 1. The molecule has 0 N–H and O–H groups in total. The molecule has 7 nitrogen and oxygen atoms in total. The minimum atomic E-state index is -0.0555. The van der Waals surface area contributed by atoms with Gasteiger partial charge >= 0.3 is 0 Å². The Kier molecular flexibility index (Phi) is 7.04. The molecule has 0 saturated carbocycles. The lowest BCUT2D eigenvalue weighted by Crippen LogP contribution is -2.52. The molecule has 0 spiro atoms. The first-order valence-electron chi connectivity index (χ1n) is 12.2. The van der Waals surface area contributed by atoms with Gasteiger partial charge in [-0.25, -0.2) is 9.97 Å². The van der Waals surface area contributed by atoms with Crippen molar-refractivity contribution >= 4 is 29.0 Å². The Morgan fingerprint density at radius 1 is 0.914 bits per heavy atom. The lowest BCUT2D eigenvalue weighted by atomic mass is 9.96. The molecule has 182 valence electrons. The maximum Gasteiger partial charge on any atom is 0.263 e. The number of amides is 1. The molecule has 8 heteroatoms. The van der Waals surface area contributed by atoms with Crippen molar-refractivity contribution in [2.75, 3.05) is 49.1 Å². The van der Waals surface area contributed by atoms with E-state index < -0.39 is 0 Å². The van der Waals surface area contributed by atoms with Crippen LogP contribution in [-0.4, -0.2) is 60.0 Å². The van der Waals surface area contributed by atoms with E-state index in [2.05, 4.69) is 19.8 Å². The molecule has 3 aromatic rings. The average molecular weight is 492 g/mol. The van der Waals surface area contributed by atoms with Crippen LogP contribution in [0, 0.1) is 12.8 Å². The van der Waals surface area contributed by atoms with E-state index in [4.69, 9.17) is 16.3 Å². The molecule has 0 bridgehead atoms. The molecule has 5 rings (SSSR count). The van der Waals surface area contributed by atoms with Crippen molar-refractivity contribution in [3.05, 3.63) is 71.5 Å². The number of piperidine rings is 1. The van der Waals surface area contributed by atoms with Crippen LogP contribution in [-0.2, 0) is 4.79 Å². The zero-order valence-electron chi connectivity index (χ0n) is 19.9. The van der Waals surface area contributed by atoms with Gasteiger partial charge in [0.25, 0.3) is 5.88 Å². The molecule has 2 aliphatic heterocycles. The van der Waals surface area contributed by atoms with Crippen LogP contribution in [0.4, 0.5) is 11.5 Å². The highest BCUT2D eigenvalue weighted by atomic mass is 35.5. The van der Waals surface area contributed by atoms with Crippen LogP contribution in [0.15, 0.2) is 60.9 Å². The van der Waals surface area contributed by atoms with Gasteiger partial charge in [0.15, 0.2) is 5.82 Å². The minimum absolute atomic E-state index is 0.0555. The summed E-state index contributed by atoms with van der Waals surface area (Å²) in [6, 6.07) is 15.8. The highest BCUT2D eigenvalue weighted by molar-refractivity contribution is 6.30. The summed E-state index contributed by atoms with van der Waals surface area (Å²) in [5.41, 5.74) is 2.32. The molecule has 0 aliphatic carbocycles. The lowest BCUT2D eigenvalue weighted by Gasteiger charge is -2.40. The average Bonchev–Trinajstić information content (AvgIpc) is 2.90. The van der Waals surface area contributed by atoms with E-state index in [9.17, 15) is 4.79 Å². The smallest absolute Gasteiger partial charge is 0.263 e. The van der Waals surface area contributed by atoms with Crippen molar-refractivity contribution in [1.29, 1.82) is 0 Å². The maximum absolute atomic E-state index is 13.4. The van der Waals surface area contributed by atoms with Crippen molar-refractivity contribution in [3.63, 3.8) is 0 Å². The minimum Gasteiger partial charge on any atom is -0.436 e. The molecule has 1 amide bonds. The Morgan fingerprint density at radius 2 is 1.63 bits per heavy atom. The summed E-state index contributed by atoms with van der Waals surface area (Å²) in [5.74, 6) is 2.06. The molecule has 1 atom stereocenters. The summed E-state index contributed by atoms with van der Waals surface area (Å²) in [5, 5.41) is 0.736. The first kappa shape index (κ1) is 23.4. The van der Waals surface area contributed by atoms with Gasteiger partial charge < -0.3 is 19.4 Å². The number of aromatic nitrogens is 2.